The Bertz CT molecular complexity index is 1070. The number of aryl methyl sites for hydroxylation is 2. The first kappa shape index (κ1) is 19.1. The van der Waals surface area contributed by atoms with Gasteiger partial charge in [0.25, 0.3) is 11.8 Å². The predicted octanol–water partition coefficient (Wildman–Crippen LogP) is 2.21. The first-order chi connectivity index (χ1) is 13.9. The summed E-state index contributed by atoms with van der Waals surface area (Å²) in [7, 11) is 0. The highest BCUT2D eigenvalue weighted by Crippen LogP contribution is 2.20. The van der Waals surface area contributed by atoms with Crippen LogP contribution >= 0.6 is 0 Å². The van der Waals surface area contributed by atoms with Gasteiger partial charge in [0, 0.05) is 12.2 Å². The molecule has 4 rings (SSSR count). The average molecular weight is 393 g/mol. The highest BCUT2D eigenvalue weighted by atomic mass is 16.5. The van der Waals surface area contributed by atoms with Crippen LogP contribution in [0.15, 0.2) is 36.5 Å². The summed E-state index contributed by atoms with van der Waals surface area (Å²) in [5.41, 5.74) is 4.00. The van der Waals surface area contributed by atoms with E-state index in [4.69, 9.17) is 0 Å². The van der Waals surface area contributed by atoms with E-state index in [9.17, 15) is 14.8 Å². The summed E-state index contributed by atoms with van der Waals surface area (Å²) >= 11 is 0. The first-order valence-electron chi connectivity index (χ1n) is 9.62. The van der Waals surface area contributed by atoms with Crippen LogP contribution in [0.2, 0.25) is 0 Å². The van der Waals surface area contributed by atoms with Crippen LogP contribution in [0.25, 0.3) is 11.0 Å². The van der Waals surface area contributed by atoms with Gasteiger partial charge < -0.3 is 5.32 Å². The third kappa shape index (κ3) is 3.84. The zero-order valence-corrected chi connectivity index (χ0v) is 16.4. The van der Waals surface area contributed by atoms with E-state index in [0.717, 1.165) is 5.56 Å². The Morgan fingerprint density at radius 3 is 2.79 bits per heavy atom. The van der Waals surface area contributed by atoms with Crippen LogP contribution in [0.1, 0.15) is 40.0 Å². The fourth-order valence-electron chi connectivity index (χ4n) is 3.57. The summed E-state index contributed by atoms with van der Waals surface area (Å²) in [5, 5.41) is 18.1. The molecule has 3 aromatic rings. The number of pyridine rings is 1. The van der Waals surface area contributed by atoms with Gasteiger partial charge in [0.2, 0.25) is 0 Å². The molecule has 1 aromatic carbocycles. The molecule has 1 unspecified atom stereocenters. The molecule has 0 saturated carbocycles. The molecule has 2 amide bonds. The van der Waals surface area contributed by atoms with Crippen LogP contribution in [0, 0.1) is 13.8 Å². The van der Waals surface area contributed by atoms with Crippen LogP contribution in [0.4, 0.5) is 0 Å². The quantitative estimate of drug-likeness (QED) is 0.662. The molecule has 8 nitrogen and oxygen atoms in total. The molecule has 2 N–H and O–H groups in total. The van der Waals surface area contributed by atoms with Gasteiger partial charge in [-0.15, -0.1) is 0 Å². The molecule has 0 aliphatic carbocycles. The highest BCUT2D eigenvalue weighted by molar-refractivity contribution is 6.06. The first-order valence-corrected chi connectivity index (χ1v) is 9.62. The fraction of sp³-hybridized carbons (Fsp3) is 0.333. The highest BCUT2D eigenvalue weighted by Gasteiger charge is 2.30. The smallest absolute Gasteiger partial charge is 0.268 e. The van der Waals surface area contributed by atoms with Crippen LogP contribution in [-0.4, -0.2) is 49.4 Å². The molecule has 2 aromatic heterocycles. The summed E-state index contributed by atoms with van der Waals surface area (Å²) in [5.74, 6) is -0.856. The molecular formula is C21H23N5O3. The van der Waals surface area contributed by atoms with Crippen molar-refractivity contribution in [2.75, 3.05) is 6.54 Å². The minimum Gasteiger partial charge on any atom is -0.340 e. The van der Waals surface area contributed by atoms with E-state index in [1.54, 1.807) is 16.9 Å². The Kier molecular flexibility index (Phi) is 5.02. The van der Waals surface area contributed by atoms with Crippen molar-refractivity contribution >= 4 is 22.8 Å². The number of hydrogen-bond donors (Lipinski definition) is 2. The number of hydrogen-bond acceptors (Lipinski definition) is 5. The number of carbonyl (C=O) groups is 2. The SMILES string of the molecule is Cc1ccc(Cn2ncc3c(C(=O)NC4CCCN(O)C4=O)cc(C)nc32)cc1. The standard InChI is InChI=1S/C21H23N5O3/c1-13-5-7-15(8-6-13)12-25-19-17(11-22-25)16(10-14(2)23-19)20(27)24-18-4-3-9-26(29)21(18)28/h5-8,10-11,18,29H,3-4,9,12H2,1-2H3,(H,24,27). The van der Waals surface area contributed by atoms with Gasteiger partial charge in [-0.1, -0.05) is 29.8 Å². The van der Waals surface area contributed by atoms with Gasteiger partial charge in [-0.3, -0.25) is 14.8 Å². The van der Waals surface area contributed by atoms with Crippen LogP contribution in [0.3, 0.4) is 0 Å². The second-order valence-corrected chi connectivity index (χ2v) is 7.47. The maximum absolute atomic E-state index is 12.9. The summed E-state index contributed by atoms with van der Waals surface area (Å²) < 4.78 is 1.77. The number of aromatic nitrogens is 3. The van der Waals surface area contributed by atoms with E-state index in [1.807, 2.05) is 38.1 Å². The molecule has 150 valence electrons. The van der Waals surface area contributed by atoms with Crippen LogP contribution in [0.5, 0.6) is 0 Å². The molecule has 1 aliphatic rings. The van der Waals surface area contributed by atoms with Crippen molar-refractivity contribution in [2.45, 2.75) is 39.3 Å². The lowest BCUT2D eigenvalue weighted by molar-refractivity contribution is -0.172. The van der Waals surface area contributed by atoms with Crippen molar-refractivity contribution in [1.82, 2.24) is 25.1 Å². The van der Waals surface area contributed by atoms with E-state index in [2.05, 4.69) is 15.4 Å². The molecule has 1 atom stereocenters. The van der Waals surface area contributed by atoms with Gasteiger partial charge in [0.15, 0.2) is 5.65 Å². The summed E-state index contributed by atoms with van der Waals surface area (Å²) in [6.07, 6.45) is 2.76. The molecule has 0 radical (unpaired) electrons. The van der Waals surface area contributed by atoms with Crippen LogP contribution < -0.4 is 5.32 Å². The number of carbonyl (C=O) groups excluding carboxylic acids is 2. The molecule has 1 saturated heterocycles. The number of rotatable bonds is 4. The molecule has 0 spiro atoms. The van der Waals surface area contributed by atoms with E-state index < -0.39 is 11.9 Å². The molecule has 0 bridgehead atoms. The van der Waals surface area contributed by atoms with E-state index in [0.29, 0.717) is 46.7 Å². The van der Waals surface area contributed by atoms with Gasteiger partial charge in [0.1, 0.15) is 6.04 Å². The largest absolute Gasteiger partial charge is 0.340 e. The van der Waals surface area contributed by atoms with Crippen molar-refractivity contribution in [3.63, 3.8) is 0 Å². The monoisotopic (exact) mass is 393 g/mol. The molecule has 29 heavy (non-hydrogen) atoms. The van der Waals surface area contributed by atoms with E-state index in [1.165, 1.54) is 5.56 Å². The third-order valence-corrected chi connectivity index (χ3v) is 5.16. The molecular weight excluding hydrogens is 370 g/mol. The Morgan fingerprint density at radius 1 is 1.28 bits per heavy atom. The maximum atomic E-state index is 12.9. The van der Waals surface area contributed by atoms with E-state index in [-0.39, 0.29) is 12.5 Å². The van der Waals surface area contributed by atoms with Crippen molar-refractivity contribution < 1.29 is 14.8 Å². The number of nitrogens with zero attached hydrogens (tertiary/aromatic N) is 4. The Hall–Kier alpha value is -3.26. The number of piperidine rings is 1. The Morgan fingerprint density at radius 2 is 2.03 bits per heavy atom. The van der Waals surface area contributed by atoms with Crippen molar-refractivity contribution in [3.8, 4) is 0 Å². The molecule has 3 heterocycles. The average Bonchev–Trinajstić information content (AvgIpc) is 3.09. The van der Waals surface area contributed by atoms with Crippen LogP contribution in [-0.2, 0) is 11.3 Å². The summed E-state index contributed by atoms with van der Waals surface area (Å²) in [6, 6.07) is 9.14. The minimum atomic E-state index is -0.729. The number of benzene rings is 1. The van der Waals surface area contributed by atoms with Gasteiger partial charge in [-0.25, -0.2) is 14.7 Å². The lowest BCUT2D eigenvalue weighted by Crippen LogP contribution is -2.51. The van der Waals surface area contributed by atoms with Crippen molar-refractivity contribution in [1.29, 1.82) is 0 Å². The second-order valence-electron chi connectivity index (χ2n) is 7.47. The molecule has 1 fully saturated rings. The lowest BCUT2D eigenvalue weighted by Gasteiger charge is -2.27. The summed E-state index contributed by atoms with van der Waals surface area (Å²) in [6.45, 7) is 4.69. The Labute approximate surface area is 168 Å². The zero-order valence-electron chi connectivity index (χ0n) is 16.4. The molecule has 8 heteroatoms. The topological polar surface area (TPSA) is 100 Å². The fourth-order valence-corrected chi connectivity index (χ4v) is 3.57. The minimum absolute atomic E-state index is 0.287. The second kappa shape index (κ2) is 7.63. The molecule has 1 aliphatic heterocycles. The van der Waals surface area contributed by atoms with Gasteiger partial charge in [-0.05, 0) is 38.3 Å². The third-order valence-electron chi connectivity index (χ3n) is 5.16. The van der Waals surface area contributed by atoms with Crippen molar-refractivity contribution in [2.24, 2.45) is 0 Å². The van der Waals surface area contributed by atoms with Gasteiger partial charge in [-0.2, -0.15) is 5.10 Å². The Balaban J connectivity index is 1.63. The van der Waals surface area contributed by atoms with E-state index >= 15 is 0 Å². The zero-order chi connectivity index (χ0) is 20.5. The van der Waals surface area contributed by atoms with Crippen molar-refractivity contribution in [3.05, 3.63) is 58.9 Å². The lowest BCUT2D eigenvalue weighted by atomic mass is 10.0. The van der Waals surface area contributed by atoms with Gasteiger partial charge in [0.05, 0.1) is 23.7 Å². The number of amides is 2. The predicted molar refractivity (Wildman–Crippen MR) is 107 cm³/mol. The number of nitrogens with one attached hydrogen (secondary N) is 1. The number of fused-ring (bicyclic) bond motifs is 1. The van der Waals surface area contributed by atoms with Gasteiger partial charge >= 0.3 is 0 Å². The normalized spacial score (nSPS) is 17.0. The number of hydroxylamine groups is 2. The maximum Gasteiger partial charge on any atom is 0.268 e. The summed E-state index contributed by atoms with van der Waals surface area (Å²) in [4.78, 5) is 29.6.